The molecule has 3 aromatic rings. The highest BCUT2D eigenvalue weighted by atomic mass is 35.5. The molecule has 2 N–H and O–H groups in total. The third-order valence-corrected chi connectivity index (χ3v) is 6.64. The summed E-state index contributed by atoms with van der Waals surface area (Å²) in [5.74, 6) is 0.00914. The number of anilines is 1. The Bertz CT molecular complexity index is 1220. The van der Waals surface area contributed by atoms with Gasteiger partial charge in [0.25, 0.3) is 11.3 Å². The van der Waals surface area contributed by atoms with Crippen LogP contribution in [0.1, 0.15) is 30.0 Å². The number of carboxylic acids is 1. The fraction of sp³-hybridized carbons (Fsp3) is 0.217. The van der Waals surface area contributed by atoms with Gasteiger partial charge in [-0.15, -0.1) is 0 Å². The zero-order chi connectivity index (χ0) is 24.2. The van der Waals surface area contributed by atoms with Crippen molar-refractivity contribution in [2.45, 2.75) is 25.3 Å². The highest BCUT2D eigenvalue weighted by molar-refractivity contribution is 7.80. The fourth-order valence-corrected chi connectivity index (χ4v) is 4.95. The first-order chi connectivity index (χ1) is 16.3. The van der Waals surface area contributed by atoms with Gasteiger partial charge in [0, 0.05) is 5.02 Å². The molecular formula is C23H20Cl2N2O6S. The molecule has 0 saturated heterocycles. The van der Waals surface area contributed by atoms with E-state index in [4.69, 9.17) is 37.8 Å². The normalized spacial score (nSPS) is 15.8. The van der Waals surface area contributed by atoms with Gasteiger partial charge < -0.3 is 14.6 Å². The molecule has 0 fully saturated rings. The molecule has 0 spiro atoms. The Balaban J connectivity index is 1.64. The van der Waals surface area contributed by atoms with Crippen molar-refractivity contribution in [1.82, 2.24) is 4.98 Å². The molecule has 178 valence electrons. The van der Waals surface area contributed by atoms with Crippen LogP contribution in [0.15, 0.2) is 54.7 Å². The van der Waals surface area contributed by atoms with Gasteiger partial charge >= 0.3 is 5.97 Å². The van der Waals surface area contributed by atoms with Crippen molar-refractivity contribution in [1.29, 1.82) is 0 Å². The number of benzene rings is 2. The minimum Gasteiger partial charge on any atom is -0.482 e. The number of nitrogens with zero attached hydrogens (tertiary/aromatic N) is 2. The maximum atomic E-state index is 12.4. The topological polar surface area (TPSA) is 109 Å². The first kappa shape index (κ1) is 24.3. The Morgan fingerprint density at radius 1 is 1.21 bits per heavy atom. The number of halogens is 2. The van der Waals surface area contributed by atoms with Crippen LogP contribution in [0.3, 0.4) is 0 Å². The van der Waals surface area contributed by atoms with Crippen LogP contribution in [0.5, 0.6) is 17.4 Å². The van der Waals surface area contributed by atoms with Gasteiger partial charge in [0.2, 0.25) is 5.88 Å². The Labute approximate surface area is 208 Å². The third-order valence-electron chi connectivity index (χ3n) is 5.31. The number of aromatic nitrogens is 1. The van der Waals surface area contributed by atoms with E-state index in [9.17, 15) is 13.6 Å². The van der Waals surface area contributed by atoms with E-state index in [0.29, 0.717) is 35.1 Å². The van der Waals surface area contributed by atoms with Gasteiger partial charge in [-0.05, 0) is 66.8 Å². The Kier molecular flexibility index (Phi) is 7.57. The summed E-state index contributed by atoms with van der Waals surface area (Å²) in [4.78, 5) is 15.2. The predicted molar refractivity (Wildman–Crippen MR) is 129 cm³/mol. The van der Waals surface area contributed by atoms with Crippen molar-refractivity contribution < 1.29 is 28.1 Å². The lowest BCUT2D eigenvalue weighted by Crippen LogP contribution is -2.33. The molecular weight excluding hydrogens is 503 g/mol. The van der Waals surface area contributed by atoms with E-state index in [1.807, 2.05) is 6.07 Å². The molecule has 2 aromatic carbocycles. The van der Waals surface area contributed by atoms with E-state index in [-0.39, 0.29) is 10.9 Å². The molecule has 1 aliphatic rings. The molecule has 0 amide bonds. The van der Waals surface area contributed by atoms with Gasteiger partial charge in [0.1, 0.15) is 16.5 Å². The van der Waals surface area contributed by atoms with Crippen molar-refractivity contribution >= 4 is 46.1 Å². The van der Waals surface area contributed by atoms with E-state index < -0.39 is 29.9 Å². The Morgan fingerprint density at radius 3 is 2.65 bits per heavy atom. The van der Waals surface area contributed by atoms with Crippen LogP contribution in [0.4, 0.5) is 5.69 Å². The molecule has 34 heavy (non-hydrogen) atoms. The van der Waals surface area contributed by atoms with Crippen molar-refractivity contribution in [3.63, 3.8) is 0 Å². The van der Waals surface area contributed by atoms with E-state index in [1.165, 1.54) is 16.6 Å². The molecule has 0 radical (unpaired) electrons. The van der Waals surface area contributed by atoms with Gasteiger partial charge in [0.15, 0.2) is 6.61 Å². The second-order valence-corrected chi connectivity index (χ2v) is 9.21. The lowest BCUT2D eigenvalue weighted by molar-refractivity contribution is -0.139. The average molecular weight is 523 g/mol. The van der Waals surface area contributed by atoms with E-state index in [0.717, 1.165) is 17.5 Å². The molecule has 2 atom stereocenters. The zero-order valence-corrected chi connectivity index (χ0v) is 20.0. The molecule has 2 unspecified atom stereocenters. The summed E-state index contributed by atoms with van der Waals surface area (Å²) in [6.07, 6.45) is 3.41. The number of hydrogen-bond acceptors (Lipinski definition) is 5. The molecule has 1 aliphatic carbocycles. The monoisotopic (exact) mass is 522 g/mol. The van der Waals surface area contributed by atoms with Gasteiger partial charge in [-0.3, -0.25) is 8.86 Å². The maximum absolute atomic E-state index is 12.4. The number of carboxylic acid groups (broad SMARTS) is 1. The van der Waals surface area contributed by atoms with Crippen LogP contribution >= 0.6 is 23.2 Å². The van der Waals surface area contributed by atoms with Crippen molar-refractivity contribution in [3.05, 3.63) is 75.9 Å². The number of fused-ring (bicyclic) bond motifs is 1. The summed E-state index contributed by atoms with van der Waals surface area (Å²) in [6, 6.07) is 13.0. The van der Waals surface area contributed by atoms with Crippen LogP contribution in [0, 0.1) is 0 Å². The van der Waals surface area contributed by atoms with Crippen molar-refractivity contribution in [2.24, 2.45) is 0 Å². The Hall–Kier alpha value is -2.85. The molecule has 0 saturated carbocycles. The van der Waals surface area contributed by atoms with Crippen LogP contribution in [0.25, 0.3) is 0 Å². The Morgan fingerprint density at radius 2 is 1.97 bits per heavy atom. The highest BCUT2D eigenvalue weighted by Gasteiger charge is 2.32. The number of ether oxygens (including phenoxy) is 2. The number of pyridine rings is 1. The standard InChI is InChI=1S/C23H20Cl2N2O6S/c24-14-7-9-16(10-8-14)33-23-19(25)11-15(12-26-23)27(34(30)31)20-5-1-4-18-17(20)3-2-6-21(18)32-13-22(28)29/h2-3,6-12,20H,1,4-5,13H2,(H,28,29)(H,30,31). The van der Waals surface area contributed by atoms with Crippen LogP contribution in [-0.2, 0) is 22.5 Å². The maximum Gasteiger partial charge on any atom is 0.341 e. The lowest BCUT2D eigenvalue weighted by atomic mass is 9.87. The first-order valence-electron chi connectivity index (χ1n) is 10.3. The molecule has 0 bridgehead atoms. The number of carbonyl (C=O) groups is 1. The third kappa shape index (κ3) is 5.44. The van der Waals surface area contributed by atoms with Crippen LogP contribution in [0.2, 0.25) is 10.0 Å². The first-order valence-corrected chi connectivity index (χ1v) is 12.1. The SMILES string of the molecule is O=C(O)COc1cccc2c1CCCC2N(c1cnc(Oc2ccc(Cl)cc2)c(Cl)c1)S(=O)O. The van der Waals surface area contributed by atoms with Gasteiger partial charge in [0.05, 0.1) is 17.9 Å². The smallest absolute Gasteiger partial charge is 0.341 e. The quantitative estimate of drug-likeness (QED) is 0.367. The van der Waals surface area contributed by atoms with Gasteiger partial charge in [-0.2, -0.15) is 0 Å². The largest absolute Gasteiger partial charge is 0.482 e. The summed E-state index contributed by atoms with van der Waals surface area (Å²) in [5.41, 5.74) is 1.94. The van der Waals surface area contributed by atoms with E-state index in [1.54, 1.807) is 36.4 Å². The summed E-state index contributed by atoms with van der Waals surface area (Å²) < 4.78 is 35.1. The molecule has 1 heterocycles. The van der Waals surface area contributed by atoms with Crippen LogP contribution in [-0.4, -0.2) is 31.4 Å². The lowest BCUT2D eigenvalue weighted by Gasteiger charge is -2.34. The van der Waals surface area contributed by atoms with Crippen molar-refractivity contribution in [3.8, 4) is 17.4 Å². The summed E-state index contributed by atoms with van der Waals surface area (Å²) >= 11 is 9.90. The van der Waals surface area contributed by atoms with Gasteiger partial charge in [-0.1, -0.05) is 35.3 Å². The molecule has 1 aromatic heterocycles. The van der Waals surface area contributed by atoms with Crippen molar-refractivity contribution in [2.75, 3.05) is 10.9 Å². The summed E-state index contributed by atoms with van der Waals surface area (Å²) in [6.45, 7) is -0.467. The fourth-order valence-electron chi connectivity index (χ4n) is 3.91. The molecule has 8 nitrogen and oxygen atoms in total. The summed E-state index contributed by atoms with van der Waals surface area (Å²) in [5, 5.41) is 9.68. The molecule has 11 heteroatoms. The van der Waals surface area contributed by atoms with E-state index >= 15 is 0 Å². The minimum atomic E-state index is -2.39. The highest BCUT2D eigenvalue weighted by Crippen LogP contribution is 2.42. The van der Waals surface area contributed by atoms with Crippen LogP contribution < -0.4 is 13.8 Å². The summed E-state index contributed by atoms with van der Waals surface area (Å²) in [7, 11) is 0. The number of aliphatic carboxylic acids is 1. The zero-order valence-electron chi connectivity index (χ0n) is 17.7. The second-order valence-electron chi connectivity index (χ2n) is 7.51. The second kappa shape index (κ2) is 10.6. The number of hydrogen-bond donors (Lipinski definition) is 2. The van der Waals surface area contributed by atoms with Gasteiger partial charge in [-0.25, -0.2) is 14.0 Å². The predicted octanol–water partition coefficient (Wildman–Crippen LogP) is 5.66. The average Bonchev–Trinajstić information content (AvgIpc) is 2.81. The number of rotatable bonds is 8. The molecule has 0 aliphatic heterocycles. The van der Waals surface area contributed by atoms with E-state index in [2.05, 4.69) is 4.98 Å². The minimum absolute atomic E-state index is 0.143. The molecule has 4 rings (SSSR count).